The first-order chi connectivity index (χ1) is 17.1. The van der Waals surface area contributed by atoms with Crippen LogP contribution in [0.1, 0.15) is 77.2 Å². The molecule has 5 nitrogen and oxygen atoms in total. The number of hydrogen-bond donors (Lipinski definition) is 0. The van der Waals surface area contributed by atoms with Crippen LogP contribution in [0, 0.1) is 5.41 Å². The molecule has 0 saturated heterocycles. The number of hydrogen-bond acceptors (Lipinski definition) is 3. The van der Waals surface area contributed by atoms with Gasteiger partial charge >= 0.3 is 0 Å². The lowest BCUT2D eigenvalue weighted by Gasteiger charge is -2.33. The SMILES string of the molecule is CCc1cccc(CC)c1-n1c2c(cc(C(=O)N(C)Cc3ccc(Cl)cc3)c1=O)C(=O)CC(C)(C)C2. The minimum absolute atomic E-state index is 0.0197. The summed E-state index contributed by atoms with van der Waals surface area (Å²) in [7, 11) is 1.67. The molecule has 1 aliphatic carbocycles. The van der Waals surface area contributed by atoms with Gasteiger partial charge in [0.2, 0.25) is 0 Å². The van der Waals surface area contributed by atoms with Crippen LogP contribution in [0.3, 0.4) is 0 Å². The fourth-order valence-electron chi connectivity index (χ4n) is 5.15. The van der Waals surface area contributed by atoms with Crippen molar-refractivity contribution in [3.8, 4) is 5.69 Å². The van der Waals surface area contributed by atoms with Crippen molar-refractivity contribution in [1.82, 2.24) is 9.47 Å². The number of carbonyl (C=O) groups is 2. The van der Waals surface area contributed by atoms with Gasteiger partial charge in [-0.15, -0.1) is 0 Å². The molecule has 0 unspecified atom stereocenters. The van der Waals surface area contributed by atoms with Gasteiger partial charge < -0.3 is 4.90 Å². The maximum Gasteiger partial charge on any atom is 0.268 e. The maximum atomic E-state index is 14.1. The second kappa shape index (κ2) is 10.1. The van der Waals surface area contributed by atoms with Crippen LogP contribution in [0.4, 0.5) is 0 Å². The van der Waals surface area contributed by atoms with Gasteiger partial charge in [0.1, 0.15) is 5.56 Å². The predicted octanol–water partition coefficient (Wildman–Crippen LogP) is 6.04. The number of fused-ring (bicyclic) bond motifs is 1. The lowest BCUT2D eigenvalue weighted by Crippen LogP contribution is -2.39. The monoisotopic (exact) mass is 504 g/mol. The van der Waals surface area contributed by atoms with Gasteiger partial charge in [-0.05, 0) is 59.6 Å². The average molecular weight is 505 g/mol. The maximum absolute atomic E-state index is 14.1. The standard InChI is InChI=1S/C30H33ClN2O3/c1-6-20-9-8-10-21(7-2)27(20)33-25-16-30(3,4)17-26(34)23(25)15-24(29(33)36)28(35)32(5)18-19-11-13-22(31)14-12-19/h8-15H,6-7,16-18H2,1-5H3. The molecule has 0 fully saturated rings. The van der Waals surface area contributed by atoms with E-state index in [1.165, 1.54) is 11.0 Å². The largest absolute Gasteiger partial charge is 0.337 e. The van der Waals surface area contributed by atoms with Crippen LogP contribution < -0.4 is 5.56 Å². The predicted molar refractivity (Wildman–Crippen MR) is 144 cm³/mol. The summed E-state index contributed by atoms with van der Waals surface area (Å²) in [5.74, 6) is -0.437. The third kappa shape index (κ3) is 4.90. The van der Waals surface area contributed by atoms with E-state index in [1.54, 1.807) is 23.7 Å². The Labute approximate surface area is 217 Å². The normalized spacial score (nSPS) is 14.4. The highest BCUT2D eigenvalue weighted by atomic mass is 35.5. The van der Waals surface area contributed by atoms with E-state index >= 15 is 0 Å². The first-order valence-corrected chi connectivity index (χ1v) is 12.9. The van der Waals surface area contributed by atoms with E-state index in [1.807, 2.05) is 44.2 Å². The first kappa shape index (κ1) is 25.9. The van der Waals surface area contributed by atoms with Crippen molar-refractivity contribution in [2.45, 2.75) is 59.9 Å². The number of carbonyl (C=O) groups excluding carboxylic acids is 2. The molecule has 0 saturated carbocycles. The first-order valence-electron chi connectivity index (χ1n) is 12.5. The van der Waals surface area contributed by atoms with E-state index in [0.29, 0.717) is 35.7 Å². The quantitative estimate of drug-likeness (QED) is 0.411. The molecule has 1 heterocycles. The molecule has 0 spiro atoms. The van der Waals surface area contributed by atoms with Crippen LogP contribution in [-0.4, -0.2) is 28.2 Å². The Kier molecular flexibility index (Phi) is 7.24. The summed E-state index contributed by atoms with van der Waals surface area (Å²) >= 11 is 6.00. The highest BCUT2D eigenvalue weighted by molar-refractivity contribution is 6.30. The Balaban J connectivity index is 1.93. The minimum atomic E-state index is -0.406. The lowest BCUT2D eigenvalue weighted by molar-refractivity contribution is 0.0782. The second-order valence-electron chi connectivity index (χ2n) is 10.4. The van der Waals surface area contributed by atoms with Crippen molar-refractivity contribution >= 4 is 23.3 Å². The van der Waals surface area contributed by atoms with Gasteiger partial charge in [-0.2, -0.15) is 0 Å². The fraction of sp³-hybridized carbons (Fsp3) is 0.367. The van der Waals surface area contributed by atoms with Crippen molar-refractivity contribution in [2.75, 3.05) is 7.05 Å². The highest BCUT2D eigenvalue weighted by Crippen LogP contribution is 2.36. The molecule has 0 radical (unpaired) electrons. The summed E-state index contributed by atoms with van der Waals surface area (Å²) < 4.78 is 1.68. The van der Waals surface area contributed by atoms with Crippen molar-refractivity contribution < 1.29 is 9.59 Å². The molecule has 6 heteroatoms. The minimum Gasteiger partial charge on any atom is -0.337 e. The highest BCUT2D eigenvalue weighted by Gasteiger charge is 2.36. The number of nitrogens with zero attached hydrogens (tertiary/aromatic N) is 2. The zero-order valence-corrected chi connectivity index (χ0v) is 22.4. The van der Waals surface area contributed by atoms with Crippen LogP contribution in [0.15, 0.2) is 53.3 Å². The summed E-state index contributed by atoms with van der Waals surface area (Å²) in [6.07, 6.45) is 2.43. The molecule has 1 amide bonds. The second-order valence-corrected chi connectivity index (χ2v) is 10.9. The third-order valence-electron chi connectivity index (χ3n) is 6.99. The number of amides is 1. The van der Waals surface area contributed by atoms with Gasteiger partial charge in [0, 0.05) is 36.3 Å². The van der Waals surface area contributed by atoms with Gasteiger partial charge in [-0.3, -0.25) is 19.0 Å². The molecule has 1 aromatic heterocycles. The van der Waals surface area contributed by atoms with Gasteiger partial charge in [-0.25, -0.2) is 0 Å². The molecule has 1 aliphatic rings. The summed E-state index contributed by atoms with van der Waals surface area (Å²) in [6.45, 7) is 8.53. The van der Waals surface area contributed by atoms with Crippen molar-refractivity contribution in [3.05, 3.63) is 97.4 Å². The van der Waals surface area contributed by atoms with E-state index in [2.05, 4.69) is 13.8 Å². The van der Waals surface area contributed by atoms with Gasteiger partial charge in [-0.1, -0.05) is 69.6 Å². The molecule has 36 heavy (non-hydrogen) atoms. The Bertz CT molecular complexity index is 1360. The number of pyridine rings is 1. The molecular formula is C30H33ClN2O3. The van der Waals surface area contributed by atoms with Crippen LogP contribution in [0.2, 0.25) is 5.02 Å². The van der Waals surface area contributed by atoms with Crippen molar-refractivity contribution in [1.29, 1.82) is 0 Å². The molecule has 0 atom stereocenters. The molecule has 3 aromatic rings. The van der Waals surface area contributed by atoms with Gasteiger partial charge in [0.15, 0.2) is 5.78 Å². The number of halogens is 1. The Morgan fingerprint density at radius 3 is 2.19 bits per heavy atom. The van der Waals surface area contributed by atoms with E-state index in [0.717, 1.165) is 35.2 Å². The average Bonchev–Trinajstić information content (AvgIpc) is 2.83. The molecule has 2 aromatic carbocycles. The lowest BCUT2D eigenvalue weighted by atomic mass is 9.75. The Morgan fingerprint density at radius 2 is 1.61 bits per heavy atom. The molecule has 0 bridgehead atoms. The summed E-state index contributed by atoms with van der Waals surface area (Å²) in [4.78, 5) is 42.6. The third-order valence-corrected chi connectivity index (χ3v) is 7.24. The van der Waals surface area contributed by atoms with Crippen molar-refractivity contribution in [3.63, 3.8) is 0 Å². The number of aryl methyl sites for hydroxylation is 2. The topological polar surface area (TPSA) is 59.4 Å². The number of para-hydroxylation sites is 1. The van der Waals surface area contributed by atoms with Crippen LogP contribution in [-0.2, 0) is 25.8 Å². The van der Waals surface area contributed by atoms with E-state index < -0.39 is 5.91 Å². The molecule has 0 N–H and O–H groups in total. The summed E-state index contributed by atoms with van der Waals surface area (Å²) in [5, 5.41) is 0.619. The van der Waals surface area contributed by atoms with E-state index in [-0.39, 0.29) is 22.3 Å². The summed E-state index contributed by atoms with van der Waals surface area (Å²) in [6, 6.07) is 14.8. The Hall–Kier alpha value is -3.18. The smallest absolute Gasteiger partial charge is 0.268 e. The van der Waals surface area contributed by atoms with E-state index in [4.69, 9.17) is 11.6 Å². The number of rotatable bonds is 6. The van der Waals surface area contributed by atoms with Gasteiger partial charge in [0.05, 0.1) is 5.69 Å². The van der Waals surface area contributed by atoms with Crippen LogP contribution >= 0.6 is 11.6 Å². The fourth-order valence-corrected chi connectivity index (χ4v) is 5.27. The van der Waals surface area contributed by atoms with Crippen molar-refractivity contribution in [2.24, 2.45) is 5.41 Å². The van der Waals surface area contributed by atoms with E-state index in [9.17, 15) is 14.4 Å². The molecule has 0 aliphatic heterocycles. The zero-order valence-electron chi connectivity index (χ0n) is 21.7. The molecule has 188 valence electrons. The molecular weight excluding hydrogens is 472 g/mol. The zero-order chi connectivity index (χ0) is 26.2. The number of aromatic nitrogens is 1. The van der Waals surface area contributed by atoms with Crippen LogP contribution in [0.25, 0.3) is 5.69 Å². The number of ketones is 1. The number of benzene rings is 2. The molecule has 4 rings (SSSR count). The van der Waals surface area contributed by atoms with Crippen LogP contribution in [0.5, 0.6) is 0 Å². The number of Topliss-reactive ketones (excluding diaryl/α,β-unsaturated/α-hetero) is 1. The summed E-state index contributed by atoms with van der Waals surface area (Å²) in [5.41, 5.74) is 4.30. The van der Waals surface area contributed by atoms with Gasteiger partial charge in [0.25, 0.3) is 11.5 Å². The Morgan fingerprint density at radius 1 is 1.00 bits per heavy atom.